The van der Waals surface area contributed by atoms with Crippen LogP contribution in [0.3, 0.4) is 0 Å². The summed E-state index contributed by atoms with van der Waals surface area (Å²) in [5.41, 5.74) is 0.699. The Balaban J connectivity index is 2.86. The third-order valence-electron chi connectivity index (χ3n) is 2.81. The molecule has 1 unspecified atom stereocenters. The third kappa shape index (κ3) is 5.63. The Morgan fingerprint density at radius 2 is 2.00 bits per heavy atom. The van der Waals surface area contributed by atoms with Gasteiger partial charge in [0.15, 0.2) is 6.10 Å². The molecule has 0 spiro atoms. The van der Waals surface area contributed by atoms with E-state index in [1.165, 1.54) is 0 Å². The average Bonchev–Trinajstić information content (AvgIpc) is 2.39. The molecule has 0 saturated heterocycles. The summed E-state index contributed by atoms with van der Waals surface area (Å²) in [6, 6.07) is 5.60. The fourth-order valence-corrected chi connectivity index (χ4v) is 1.82. The number of carbonyl (C=O) groups excluding carboxylic acids is 1. The van der Waals surface area contributed by atoms with Crippen molar-refractivity contribution in [3.63, 3.8) is 0 Å². The second kappa shape index (κ2) is 7.31. The van der Waals surface area contributed by atoms with Crippen LogP contribution in [0.25, 0.3) is 0 Å². The summed E-state index contributed by atoms with van der Waals surface area (Å²) in [4.78, 5) is 12.1. The predicted octanol–water partition coefficient (Wildman–Crippen LogP) is 2.10. The van der Waals surface area contributed by atoms with E-state index in [1.54, 1.807) is 20.1 Å². The van der Waals surface area contributed by atoms with Gasteiger partial charge in [-0.15, -0.1) is 0 Å². The average molecular weight is 294 g/mol. The summed E-state index contributed by atoms with van der Waals surface area (Å²) < 4.78 is 11.0. The van der Waals surface area contributed by atoms with Crippen LogP contribution < -0.4 is 20.1 Å². The van der Waals surface area contributed by atoms with Crippen molar-refractivity contribution in [2.45, 2.75) is 45.9 Å². The Morgan fingerprint density at radius 3 is 2.52 bits per heavy atom. The van der Waals surface area contributed by atoms with E-state index in [4.69, 9.17) is 9.47 Å². The molecule has 0 radical (unpaired) electrons. The molecule has 0 bridgehead atoms. The largest absolute Gasteiger partial charge is 0.497 e. The molecule has 0 aromatic heterocycles. The summed E-state index contributed by atoms with van der Waals surface area (Å²) in [7, 11) is 3.47. The van der Waals surface area contributed by atoms with Crippen molar-refractivity contribution < 1.29 is 14.3 Å². The topological polar surface area (TPSA) is 59.6 Å². The monoisotopic (exact) mass is 294 g/mol. The summed E-state index contributed by atoms with van der Waals surface area (Å²) in [5.74, 6) is 1.22. The fourth-order valence-electron chi connectivity index (χ4n) is 1.82. The summed E-state index contributed by atoms with van der Waals surface area (Å²) in [6.45, 7) is 8.22. The molecule has 1 aromatic rings. The minimum absolute atomic E-state index is 0.138. The zero-order valence-corrected chi connectivity index (χ0v) is 13.7. The Morgan fingerprint density at radius 1 is 1.33 bits per heavy atom. The van der Waals surface area contributed by atoms with Crippen LogP contribution >= 0.6 is 0 Å². The summed E-state index contributed by atoms with van der Waals surface area (Å²) in [5, 5.41) is 5.99. The van der Waals surface area contributed by atoms with Crippen LogP contribution in [0.1, 0.15) is 33.3 Å². The molecule has 0 saturated carbocycles. The molecule has 0 heterocycles. The van der Waals surface area contributed by atoms with Crippen LogP contribution in [0, 0.1) is 0 Å². The molecule has 21 heavy (non-hydrogen) atoms. The van der Waals surface area contributed by atoms with E-state index in [2.05, 4.69) is 10.6 Å². The van der Waals surface area contributed by atoms with Gasteiger partial charge in [-0.05, 0) is 40.8 Å². The SMILES string of the molecule is CNCc1ccc(OC)cc1OC(C)C(=O)NC(C)(C)C. The molecule has 2 N–H and O–H groups in total. The number of nitrogens with one attached hydrogen (secondary N) is 2. The minimum atomic E-state index is -0.577. The van der Waals surface area contributed by atoms with E-state index in [0.717, 1.165) is 5.56 Å². The molecule has 0 aliphatic rings. The highest BCUT2D eigenvalue weighted by Crippen LogP contribution is 2.26. The van der Waals surface area contributed by atoms with Gasteiger partial charge in [0.1, 0.15) is 11.5 Å². The van der Waals surface area contributed by atoms with E-state index < -0.39 is 6.10 Å². The lowest BCUT2D eigenvalue weighted by atomic mass is 10.1. The molecule has 1 rings (SSSR count). The molecule has 1 atom stereocenters. The number of hydrogen-bond donors (Lipinski definition) is 2. The quantitative estimate of drug-likeness (QED) is 0.843. The van der Waals surface area contributed by atoms with Gasteiger partial charge in [0.25, 0.3) is 5.91 Å². The van der Waals surface area contributed by atoms with Gasteiger partial charge in [-0.3, -0.25) is 4.79 Å². The number of amides is 1. The highest BCUT2D eigenvalue weighted by Gasteiger charge is 2.21. The lowest BCUT2D eigenvalue weighted by Gasteiger charge is -2.24. The Bertz CT molecular complexity index is 481. The Kier molecular flexibility index (Phi) is 6.03. The number of hydrogen-bond acceptors (Lipinski definition) is 4. The summed E-state index contributed by atoms with van der Waals surface area (Å²) in [6.07, 6.45) is -0.577. The van der Waals surface area contributed by atoms with Crippen molar-refractivity contribution in [2.75, 3.05) is 14.2 Å². The number of benzene rings is 1. The first-order chi connectivity index (χ1) is 9.76. The molecule has 1 amide bonds. The van der Waals surface area contributed by atoms with Crippen LogP contribution in [0.15, 0.2) is 18.2 Å². The van der Waals surface area contributed by atoms with E-state index in [0.29, 0.717) is 18.0 Å². The van der Waals surface area contributed by atoms with Crippen LogP contribution in [0.2, 0.25) is 0 Å². The highest BCUT2D eigenvalue weighted by atomic mass is 16.5. The van der Waals surface area contributed by atoms with Crippen molar-refractivity contribution >= 4 is 5.91 Å². The van der Waals surface area contributed by atoms with Crippen LogP contribution in [-0.4, -0.2) is 31.7 Å². The maximum atomic E-state index is 12.1. The van der Waals surface area contributed by atoms with Crippen molar-refractivity contribution in [2.24, 2.45) is 0 Å². The molecule has 5 heteroatoms. The van der Waals surface area contributed by atoms with Crippen LogP contribution in [0.4, 0.5) is 0 Å². The van der Waals surface area contributed by atoms with E-state index >= 15 is 0 Å². The molecule has 1 aromatic carbocycles. The number of rotatable bonds is 6. The van der Waals surface area contributed by atoms with Crippen molar-refractivity contribution in [3.05, 3.63) is 23.8 Å². The number of ether oxygens (including phenoxy) is 2. The van der Waals surface area contributed by atoms with Crippen LogP contribution in [0.5, 0.6) is 11.5 Å². The Labute approximate surface area is 127 Å². The van der Waals surface area contributed by atoms with Crippen LogP contribution in [-0.2, 0) is 11.3 Å². The molecule has 0 fully saturated rings. The first-order valence-electron chi connectivity index (χ1n) is 7.07. The lowest BCUT2D eigenvalue weighted by Crippen LogP contribution is -2.46. The van der Waals surface area contributed by atoms with Gasteiger partial charge in [-0.1, -0.05) is 6.07 Å². The molecule has 0 aliphatic heterocycles. The molecular formula is C16H26N2O3. The summed E-state index contributed by atoms with van der Waals surface area (Å²) >= 11 is 0. The van der Waals surface area contributed by atoms with Crippen molar-refractivity contribution in [1.29, 1.82) is 0 Å². The smallest absolute Gasteiger partial charge is 0.261 e. The normalized spacial score (nSPS) is 12.7. The Hall–Kier alpha value is -1.75. The molecule has 0 aliphatic carbocycles. The van der Waals surface area contributed by atoms with E-state index in [9.17, 15) is 4.79 Å². The van der Waals surface area contributed by atoms with Crippen molar-refractivity contribution in [3.8, 4) is 11.5 Å². The third-order valence-corrected chi connectivity index (χ3v) is 2.81. The molecule has 118 valence electrons. The first kappa shape index (κ1) is 17.3. The van der Waals surface area contributed by atoms with E-state index in [1.807, 2.05) is 40.0 Å². The fraction of sp³-hybridized carbons (Fsp3) is 0.562. The zero-order valence-electron chi connectivity index (χ0n) is 13.7. The maximum absolute atomic E-state index is 12.1. The van der Waals surface area contributed by atoms with E-state index in [-0.39, 0.29) is 11.4 Å². The van der Waals surface area contributed by atoms with Gasteiger partial charge in [0, 0.05) is 23.7 Å². The maximum Gasteiger partial charge on any atom is 0.261 e. The van der Waals surface area contributed by atoms with Crippen molar-refractivity contribution in [1.82, 2.24) is 10.6 Å². The van der Waals surface area contributed by atoms with Gasteiger partial charge in [0.05, 0.1) is 7.11 Å². The number of carbonyl (C=O) groups is 1. The highest BCUT2D eigenvalue weighted by molar-refractivity contribution is 5.81. The zero-order chi connectivity index (χ0) is 16.0. The predicted molar refractivity (Wildman–Crippen MR) is 83.7 cm³/mol. The van der Waals surface area contributed by atoms with Gasteiger partial charge in [0.2, 0.25) is 0 Å². The second-order valence-corrected chi connectivity index (χ2v) is 6.00. The van der Waals surface area contributed by atoms with Gasteiger partial charge in [-0.25, -0.2) is 0 Å². The molecular weight excluding hydrogens is 268 g/mol. The van der Waals surface area contributed by atoms with Gasteiger partial charge in [-0.2, -0.15) is 0 Å². The van der Waals surface area contributed by atoms with Gasteiger partial charge < -0.3 is 20.1 Å². The first-order valence-corrected chi connectivity index (χ1v) is 7.07. The van der Waals surface area contributed by atoms with Gasteiger partial charge >= 0.3 is 0 Å². The molecule has 5 nitrogen and oxygen atoms in total. The number of methoxy groups -OCH3 is 1. The standard InChI is InChI=1S/C16H26N2O3/c1-11(15(19)18-16(2,3)4)21-14-9-13(20-6)8-7-12(14)10-17-5/h7-9,11,17H,10H2,1-6H3,(H,18,19). The minimum Gasteiger partial charge on any atom is -0.497 e. The second-order valence-electron chi connectivity index (χ2n) is 6.00. The lowest BCUT2D eigenvalue weighted by molar-refractivity contribution is -0.128.